The molecule has 124 valence electrons. The minimum atomic E-state index is 0.0122. The highest BCUT2D eigenvalue weighted by atomic mass is 16.5. The monoisotopic (exact) mass is 297 g/mol. The lowest BCUT2D eigenvalue weighted by Gasteiger charge is -2.31. The smallest absolute Gasteiger partial charge is 0.310 e. The molecule has 0 aromatic heterocycles. The number of carbonyl (C=O) groups excluding carboxylic acids is 1. The summed E-state index contributed by atoms with van der Waals surface area (Å²) in [7, 11) is 0. The van der Waals surface area contributed by atoms with Crippen molar-refractivity contribution in [3.63, 3.8) is 0 Å². The maximum atomic E-state index is 11.8. The van der Waals surface area contributed by atoms with Gasteiger partial charge in [-0.2, -0.15) is 0 Å². The number of hydrogen-bond donors (Lipinski definition) is 0. The van der Waals surface area contributed by atoms with E-state index < -0.39 is 0 Å². The fraction of sp³-hybridized carbons (Fsp3) is 0.944. The Kier molecular flexibility index (Phi) is 10.6. The molecule has 1 unspecified atom stereocenters. The summed E-state index contributed by atoms with van der Waals surface area (Å²) in [5.74, 6) is 0.130. The lowest BCUT2D eigenvalue weighted by atomic mass is 9.98. The normalized spacial score (nSPS) is 19.6. The summed E-state index contributed by atoms with van der Waals surface area (Å²) in [5, 5.41) is 0. The van der Waals surface area contributed by atoms with E-state index >= 15 is 0 Å². The Hall–Kier alpha value is -0.570. The van der Waals surface area contributed by atoms with Crippen LogP contribution in [0.15, 0.2) is 0 Å². The average Bonchev–Trinajstić information content (AvgIpc) is 2.50. The van der Waals surface area contributed by atoms with Crippen molar-refractivity contribution in [3.05, 3.63) is 0 Å². The molecule has 0 aromatic carbocycles. The van der Waals surface area contributed by atoms with Crippen molar-refractivity contribution < 1.29 is 9.53 Å². The zero-order valence-electron chi connectivity index (χ0n) is 14.2. The number of ether oxygens (including phenoxy) is 1. The standard InChI is InChI=1S/C18H35NO2/c1-3-5-6-7-8-9-10-11-14-19-15-12-13-17(16-19)18(20)21-4-2/h17H,3-16H2,1-2H3. The van der Waals surface area contributed by atoms with Gasteiger partial charge in [0, 0.05) is 6.54 Å². The minimum absolute atomic E-state index is 0.0122. The maximum absolute atomic E-state index is 11.8. The fourth-order valence-electron chi connectivity index (χ4n) is 3.18. The van der Waals surface area contributed by atoms with Crippen LogP contribution in [0.4, 0.5) is 0 Å². The van der Waals surface area contributed by atoms with E-state index in [0.29, 0.717) is 6.61 Å². The molecule has 0 N–H and O–H groups in total. The van der Waals surface area contributed by atoms with Crippen LogP contribution in [0.2, 0.25) is 0 Å². The van der Waals surface area contributed by atoms with Crippen LogP contribution in [0.1, 0.15) is 78.1 Å². The van der Waals surface area contributed by atoms with Crippen molar-refractivity contribution in [2.24, 2.45) is 5.92 Å². The molecule has 0 saturated carbocycles. The van der Waals surface area contributed by atoms with Crippen molar-refractivity contribution in [2.75, 3.05) is 26.2 Å². The van der Waals surface area contributed by atoms with Crippen molar-refractivity contribution in [2.45, 2.75) is 78.1 Å². The Labute approximate surface area is 131 Å². The summed E-state index contributed by atoms with van der Waals surface area (Å²) < 4.78 is 5.15. The second-order valence-electron chi connectivity index (χ2n) is 6.37. The summed E-state index contributed by atoms with van der Waals surface area (Å²) in [5.41, 5.74) is 0. The van der Waals surface area contributed by atoms with E-state index in [-0.39, 0.29) is 11.9 Å². The quantitative estimate of drug-likeness (QED) is 0.418. The van der Waals surface area contributed by atoms with Crippen molar-refractivity contribution in [3.8, 4) is 0 Å². The molecule has 3 nitrogen and oxygen atoms in total. The Morgan fingerprint density at radius 3 is 2.38 bits per heavy atom. The van der Waals surface area contributed by atoms with E-state index in [9.17, 15) is 4.79 Å². The van der Waals surface area contributed by atoms with Gasteiger partial charge in [0.1, 0.15) is 0 Å². The molecule has 0 radical (unpaired) electrons. The topological polar surface area (TPSA) is 29.5 Å². The second kappa shape index (κ2) is 12.0. The number of esters is 1. The first-order valence-corrected chi connectivity index (χ1v) is 9.16. The highest BCUT2D eigenvalue weighted by Gasteiger charge is 2.26. The van der Waals surface area contributed by atoms with E-state index in [1.807, 2.05) is 6.92 Å². The third kappa shape index (κ3) is 8.45. The van der Waals surface area contributed by atoms with E-state index in [0.717, 1.165) is 32.5 Å². The van der Waals surface area contributed by atoms with Crippen LogP contribution in [0, 0.1) is 5.92 Å². The molecule has 0 spiro atoms. The van der Waals surface area contributed by atoms with Crippen LogP contribution in [-0.2, 0) is 9.53 Å². The zero-order valence-corrected chi connectivity index (χ0v) is 14.2. The second-order valence-corrected chi connectivity index (χ2v) is 6.37. The highest BCUT2D eigenvalue weighted by molar-refractivity contribution is 5.72. The van der Waals surface area contributed by atoms with Crippen molar-refractivity contribution in [1.82, 2.24) is 4.90 Å². The van der Waals surface area contributed by atoms with Gasteiger partial charge in [-0.15, -0.1) is 0 Å². The van der Waals surface area contributed by atoms with E-state index in [1.54, 1.807) is 0 Å². The largest absolute Gasteiger partial charge is 0.466 e. The summed E-state index contributed by atoms with van der Waals surface area (Å²) in [6, 6.07) is 0. The fourth-order valence-corrected chi connectivity index (χ4v) is 3.18. The number of carbonyl (C=O) groups is 1. The zero-order chi connectivity index (χ0) is 15.3. The van der Waals surface area contributed by atoms with Crippen LogP contribution in [0.3, 0.4) is 0 Å². The van der Waals surface area contributed by atoms with E-state index in [2.05, 4.69) is 11.8 Å². The van der Waals surface area contributed by atoms with Crippen LogP contribution < -0.4 is 0 Å². The first kappa shape index (κ1) is 18.5. The molecule has 3 heteroatoms. The Balaban J connectivity index is 2.03. The average molecular weight is 297 g/mol. The van der Waals surface area contributed by atoms with Gasteiger partial charge in [-0.05, 0) is 39.3 Å². The number of hydrogen-bond acceptors (Lipinski definition) is 3. The van der Waals surface area contributed by atoms with Crippen LogP contribution in [0.25, 0.3) is 0 Å². The minimum Gasteiger partial charge on any atom is -0.466 e. The lowest BCUT2D eigenvalue weighted by molar-refractivity contribution is -0.149. The Morgan fingerprint density at radius 1 is 1.05 bits per heavy atom. The van der Waals surface area contributed by atoms with Crippen LogP contribution in [-0.4, -0.2) is 37.1 Å². The molecule has 0 bridgehead atoms. The van der Waals surface area contributed by atoms with E-state index in [4.69, 9.17) is 4.74 Å². The van der Waals surface area contributed by atoms with Gasteiger partial charge in [0.25, 0.3) is 0 Å². The van der Waals surface area contributed by atoms with Crippen molar-refractivity contribution >= 4 is 5.97 Å². The van der Waals surface area contributed by atoms with Crippen molar-refractivity contribution in [1.29, 1.82) is 0 Å². The SMILES string of the molecule is CCCCCCCCCCN1CCCC(C(=O)OCC)C1. The predicted octanol–water partition coefficient (Wildman–Crippen LogP) is 4.40. The third-order valence-corrected chi connectivity index (χ3v) is 4.45. The molecule has 1 aliphatic heterocycles. The first-order valence-electron chi connectivity index (χ1n) is 9.16. The summed E-state index contributed by atoms with van der Waals surface area (Å²) in [4.78, 5) is 14.3. The van der Waals surface area contributed by atoms with Gasteiger partial charge in [-0.3, -0.25) is 4.79 Å². The number of rotatable bonds is 11. The molecule has 0 amide bonds. The summed E-state index contributed by atoms with van der Waals surface area (Å²) in [6.07, 6.45) is 13.1. The van der Waals surface area contributed by atoms with Gasteiger partial charge in [-0.1, -0.05) is 51.9 Å². The van der Waals surface area contributed by atoms with E-state index in [1.165, 1.54) is 51.4 Å². The molecule has 21 heavy (non-hydrogen) atoms. The summed E-state index contributed by atoms with van der Waals surface area (Å²) >= 11 is 0. The molecule has 0 aliphatic carbocycles. The highest BCUT2D eigenvalue weighted by Crippen LogP contribution is 2.18. The van der Waals surface area contributed by atoms with Gasteiger partial charge >= 0.3 is 5.97 Å². The number of likely N-dealkylation sites (tertiary alicyclic amines) is 1. The maximum Gasteiger partial charge on any atom is 0.310 e. The molecule has 1 rings (SSSR count). The molecule has 1 fully saturated rings. The number of nitrogens with zero attached hydrogens (tertiary/aromatic N) is 1. The van der Waals surface area contributed by atoms with Gasteiger partial charge < -0.3 is 9.64 Å². The van der Waals surface area contributed by atoms with Gasteiger partial charge in [0.2, 0.25) is 0 Å². The van der Waals surface area contributed by atoms with Gasteiger partial charge in [0.05, 0.1) is 12.5 Å². The Morgan fingerprint density at radius 2 is 1.71 bits per heavy atom. The first-order chi connectivity index (χ1) is 10.3. The molecule has 0 aromatic rings. The van der Waals surface area contributed by atoms with Crippen LogP contribution in [0.5, 0.6) is 0 Å². The van der Waals surface area contributed by atoms with Gasteiger partial charge in [0.15, 0.2) is 0 Å². The molecule has 1 heterocycles. The Bertz CT molecular complexity index is 268. The molecular weight excluding hydrogens is 262 g/mol. The molecule has 1 atom stereocenters. The number of piperidine rings is 1. The van der Waals surface area contributed by atoms with Gasteiger partial charge in [-0.25, -0.2) is 0 Å². The number of unbranched alkanes of at least 4 members (excludes halogenated alkanes) is 7. The molecule has 1 aliphatic rings. The third-order valence-electron chi connectivity index (χ3n) is 4.45. The molecular formula is C18H35NO2. The summed E-state index contributed by atoms with van der Waals surface area (Å²) in [6.45, 7) is 7.89. The lowest BCUT2D eigenvalue weighted by Crippen LogP contribution is -2.39. The van der Waals surface area contributed by atoms with Crippen LogP contribution >= 0.6 is 0 Å². The predicted molar refractivity (Wildman–Crippen MR) is 88.4 cm³/mol. The molecule has 1 saturated heterocycles.